The summed E-state index contributed by atoms with van der Waals surface area (Å²) >= 11 is 3.66. The summed E-state index contributed by atoms with van der Waals surface area (Å²) in [4.78, 5) is 16.3. The monoisotopic (exact) mass is 436 g/mol. The van der Waals surface area contributed by atoms with Gasteiger partial charge in [-0.25, -0.2) is 4.98 Å². The van der Waals surface area contributed by atoms with E-state index in [1.54, 1.807) is 0 Å². The number of carbonyl (C=O) groups is 1. The molecule has 116 valence electrons. The molecule has 6 heteroatoms. The van der Waals surface area contributed by atoms with Gasteiger partial charge in [0.25, 0.3) is 5.91 Å². The lowest BCUT2D eigenvalue weighted by Crippen LogP contribution is -2.19. The van der Waals surface area contributed by atoms with Crippen LogP contribution in [-0.2, 0) is 4.79 Å². The normalized spacial score (nSPS) is 10.3. The van der Waals surface area contributed by atoms with Gasteiger partial charge in [-0.05, 0) is 46.9 Å². The maximum atomic E-state index is 11.9. The van der Waals surface area contributed by atoms with Crippen LogP contribution in [0, 0.1) is 3.57 Å². The number of benzene rings is 2. The topological polar surface area (TPSA) is 51.2 Å². The number of nitrogens with one attached hydrogen (secondary N) is 1. The number of rotatable bonds is 5. The largest absolute Gasteiger partial charge is 0.484 e. The van der Waals surface area contributed by atoms with E-state index < -0.39 is 0 Å². The third-order valence-corrected chi connectivity index (χ3v) is 4.48. The Bertz CT molecular complexity index is 788. The van der Waals surface area contributed by atoms with Gasteiger partial charge in [0, 0.05) is 14.5 Å². The molecule has 0 saturated heterocycles. The van der Waals surface area contributed by atoms with E-state index in [0.717, 1.165) is 11.3 Å². The van der Waals surface area contributed by atoms with Crippen LogP contribution in [0.2, 0.25) is 0 Å². The van der Waals surface area contributed by atoms with Crippen molar-refractivity contribution in [3.05, 3.63) is 63.5 Å². The fourth-order valence-corrected chi connectivity index (χ4v) is 3.00. The molecule has 3 aromatic rings. The van der Waals surface area contributed by atoms with E-state index in [-0.39, 0.29) is 12.5 Å². The lowest BCUT2D eigenvalue weighted by atomic mass is 10.2. The minimum Gasteiger partial charge on any atom is -0.484 e. The van der Waals surface area contributed by atoms with Crippen molar-refractivity contribution in [2.45, 2.75) is 0 Å². The van der Waals surface area contributed by atoms with E-state index in [1.807, 2.05) is 60.0 Å². The number of ether oxygens (including phenoxy) is 1. The first-order valence-electron chi connectivity index (χ1n) is 6.90. The van der Waals surface area contributed by atoms with E-state index in [9.17, 15) is 4.79 Å². The highest BCUT2D eigenvalue weighted by Crippen LogP contribution is 2.25. The number of nitrogens with zero attached hydrogens (tertiary/aromatic N) is 1. The smallest absolute Gasteiger partial charge is 0.264 e. The van der Waals surface area contributed by atoms with Gasteiger partial charge in [0.2, 0.25) is 0 Å². The molecule has 0 aliphatic carbocycles. The van der Waals surface area contributed by atoms with Crippen molar-refractivity contribution in [2.24, 2.45) is 0 Å². The van der Waals surface area contributed by atoms with Crippen LogP contribution in [0.1, 0.15) is 0 Å². The molecule has 0 aliphatic rings. The van der Waals surface area contributed by atoms with E-state index in [1.165, 1.54) is 14.9 Å². The first kappa shape index (κ1) is 15.9. The molecule has 0 bridgehead atoms. The highest BCUT2D eigenvalue weighted by molar-refractivity contribution is 14.1. The minimum absolute atomic E-state index is 0.0392. The van der Waals surface area contributed by atoms with Crippen LogP contribution >= 0.6 is 33.9 Å². The Morgan fingerprint density at radius 2 is 1.87 bits per heavy atom. The predicted octanol–water partition coefficient (Wildman–Crippen LogP) is 4.43. The van der Waals surface area contributed by atoms with Gasteiger partial charge < -0.3 is 4.74 Å². The lowest BCUT2D eigenvalue weighted by Gasteiger charge is -2.05. The molecule has 1 heterocycles. The maximum Gasteiger partial charge on any atom is 0.264 e. The maximum absolute atomic E-state index is 11.9. The summed E-state index contributed by atoms with van der Waals surface area (Å²) in [6, 6.07) is 17.3. The number of carbonyl (C=O) groups excluding carboxylic acids is 1. The summed E-state index contributed by atoms with van der Waals surface area (Å²) in [5.74, 6) is 0.443. The molecule has 0 aliphatic heterocycles. The molecule has 23 heavy (non-hydrogen) atoms. The average Bonchev–Trinajstić information content (AvgIpc) is 3.03. The summed E-state index contributed by atoms with van der Waals surface area (Å²) in [5, 5.41) is 5.25. The third-order valence-electron chi connectivity index (χ3n) is 3.00. The SMILES string of the molecule is O=C(COc1ccccc1)Nc1nc(-c2ccc(I)cc2)cs1. The fourth-order valence-electron chi connectivity index (χ4n) is 1.91. The Morgan fingerprint density at radius 3 is 2.61 bits per heavy atom. The molecule has 4 nitrogen and oxygen atoms in total. The fraction of sp³-hybridized carbons (Fsp3) is 0.0588. The molecule has 1 amide bonds. The van der Waals surface area contributed by atoms with Gasteiger partial charge in [-0.2, -0.15) is 0 Å². The zero-order valence-electron chi connectivity index (χ0n) is 12.0. The van der Waals surface area contributed by atoms with Crippen LogP contribution in [0.5, 0.6) is 5.75 Å². The van der Waals surface area contributed by atoms with E-state index in [4.69, 9.17) is 4.74 Å². The number of hydrogen-bond donors (Lipinski definition) is 1. The molecule has 2 aromatic carbocycles. The van der Waals surface area contributed by atoms with E-state index >= 15 is 0 Å². The van der Waals surface area contributed by atoms with Crippen LogP contribution < -0.4 is 10.1 Å². The second-order valence-electron chi connectivity index (χ2n) is 4.69. The van der Waals surface area contributed by atoms with Gasteiger partial charge in [0.05, 0.1) is 5.69 Å². The molecule has 0 saturated carbocycles. The number of para-hydroxylation sites is 1. The Kier molecular flexibility index (Phi) is 5.24. The Hall–Kier alpha value is -1.93. The zero-order chi connectivity index (χ0) is 16.1. The standard InChI is InChI=1S/C17H13IN2O2S/c18-13-8-6-12(7-9-13)15-11-23-17(19-15)20-16(21)10-22-14-4-2-1-3-5-14/h1-9,11H,10H2,(H,19,20,21). The van der Waals surface area contributed by atoms with Gasteiger partial charge >= 0.3 is 0 Å². The Morgan fingerprint density at radius 1 is 1.13 bits per heavy atom. The molecule has 1 aromatic heterocycles. The van der Waals surface area contributed by atoms with Gasteiger partial charge in [-0.3, -0.25) is 10.1 Å². The summed E-state index contributed by atoms with van der Waals surface area (Å²) in [5.41, 5.74) is 1.88. The van der Waals surface area contributed by atoms with E-state index in [0.29, 0.717) is 10.9 Å². The molecule has 0 unspecified atom stereocenters. The number of anilines is 1. The highest BCUT2D eigenvalue weighted by atomic mass is 127. The van der Waals surface area contributed by atoms with Crippen LogP contribution in [0.4, 0.5) is 5.13 Å². The van der Waals surface area contributed by atoms with Crippen LogP contribution in [0.3, 0.4) is 0 Å². The first-order valence-corrected chi connectivity index (χ1v) is 8.86. The van der Waals surface area contributed by atoms with Crippen molar-refractivity contribution in [3.8, 4) is 17.0 Å². The van der Waals surface area contributed by atoms with Crippen molar-refractivity contribution in [1.82, 2.24) is 4.98 Å². The van der Waals surface area contributed by atoms with Crippen molar-refractivity contribution in [2.75, 3.05) is 11.9 Å². The van der Waals surface area contributed by atoms with Crippen LogP contribution in [0.15, 0.2) is 60.0 Å². The van der Waals surface area contributed by atoms with Gasteiger partial charge in [0.1, 0.15) is 5.75 Å². The number of hydrogen-bond acceptors (Lipinski definition) is 4. The van der Waals surface area contributed by atoms with Crippen molar-refractivity contribution >= 4 is 45.0 Å². The Labute approximate surface area is 151 Å². The number of aromatic nitrogens is 1. The van der Waals surface area contributed by atoms with Crippen molar-refractivity contribution in [3.63, 3.8) is 0 Å². The summed E-state index contributed by atoms with van der Waals surface area (Å²) in [6.45, 7) is -0.0392. The summed E-state index contributed by atoms with van der Waals surface area (Å²) in [6.07, 6.45) is 0. The number of halogens is 1. The highest BCUT2D eigenvalue weighted by Gasteiger charge is 2.08. The second-order valence-corrected chi connectivity index (χ2v) is 6.80. The number of amides is 1. The molecule has 0 radical (unpaired) electrons. The van der Waals surface area contributed by atoms with Crippen LogP contribution in [-0.4, -0.2) is 17.5 Å². The molecule has 0 fully saturated rings. The van der Waals surface area contributed by atoms with Crippen molar-refractivity contribution < 1.29 is 9.53 Å². The molecule has 0 spiro atoms. The quantitative estimate of drug-likeness (QED) is 0.603. The second kappa shape index (κ2) is 7.56. The van der Waals surface area contributed by atoms with Crippen LogP contribution in [0.25, 0.3) is 11.3 Å². The molecule has 1 N–H and O–H groups in total. The minimum atomic E-state index is -0.225. The third kappa shape index (κ3) is 4.52. The van der Waals surface area contributed by atoms with Gasteiger partial charge in [-0.1, -0.05) is 30.3 Å². The molecule has 0 atom stereocenters. The van der Waals surface area contributed by atoms with Gasteiger partial charge in [-0.15, -0.1) is 11.3 Å². The summed E-state index contributed by atoms with van der Waals surface area (Å²) in [7, 11) is 0. The lowest BCUT2D eigenvalue weighted by molar-refractivity contribution is -0.118. The van der Waals surface area contributed by atoms with Crippen molar-refractivity contribution in [1.29, 1.82) is 0 Å². The Balaban J connectivity index is 1.58. The number of thiazole rings is 1. The molecular weight excluding hydrogens is 423 g/mol. The average molecular weight is 436 g/mol. The first-order chi connectivity index (χ1) is 11.2. The predicted molar refractivity (Wildman–Crippen MR) is 101 cm³/mol. The van der Waals surface area contributed by atoms with Gasteiger partial charge in [0.15, 0.2) is 11.7 Å². The zero-order valence-corrected chi connectivity index (χ0v) is 15.0. The van der Waals surface area contributed by atoms with E-state index in [2.05, 4.69) is 32.9 Å². The molecule has 3 rings (SSSR count). The summed E-state index contributed by atoms with van der Waals surface area (Å²) < 4.78 is 6.58. The molecular formula is C17H13IN2O2S.